The lowest BCUT2D eigenvalue weighted by Gasteiger charge is -2.44. The van der Waals surface area contributed by atoms with Gasteiger partial charge < -0.3 is 19.7 Å². The fraction of sp³-hybridized carbons (Fsp3) is 0.947. The lowest BCUT2D eigenvalue weighted by Crippen LogP contribution is -2.51. The Kier molecular flexibility index (Phi) is 6.39. The Morgan fingerprint density at radius 3 is 2.46 bits per heavy atom. The molecule has 138 valence electrons. The number of likely N-dealkylation sites (tertiary alicyclic amines) is 1. The van der Waals surface area contributed by atoms with Crippen molar-refractivity contribution in [3.63, 3.8) is 0 Å². The van der Waals surface area contributed by atoms with E-state index in [0.717, 1.165) is 64.0 Å². The van der Waals surface area contributed by atoms with Gasteiger partial charge in [-0.1, -0.05) is 6.42 Å². The van der Waals surface area contributed by atoms with E-state index in [4.69, 9.17) is 9.47 Å². The third kappa shape index (κ3) is 4.42. The zero-order valence-corrected chi connectivity index (χ0v) is 15.6. The van der Waals surface area contributed by atoms with Gasteiger partial charge >= 0.3 is 0 Å². The van der Waals surface area contributed by atoms with Crippen molar-refractivity contribution in [3.8, 4) is 0 Å². The molecule has 3 rings (SSSR count). The highest BCUT2D eigenvalue weighted by Gasteiger charge is 2.48. The van der Waals surface area contributed by atoms with Crippen LogP contribution in [0, 0.1) is 11.3 Å². The summed E-state index contributed by atoms with van der Waals surface area (Å²) in [5.41, 5.74) is 0.596. The molecule has 2 aliphatic carbocycles. The Labute approximate surface area is 147 Å². The van der Waals surface area contributed by atoms with E-state index in [1.807, 2.05) is 7.05 Å². The van der Waals surface area contributed by atoms with E-state index >= 15 is 0 Å². The van der Waals surface area contributed by atoms with Crippen molar-refractivity contribution in [3.05, 3.63) is 0 Å². The first-order chi connectivity index (χ1) is 11.8. The number of guanidine groups is 1. The van der Waals surface area contributed by atoms with Crippen LogP contribution in [-0.2, 0) is 9.47 Å². The van der Waals surface area contributed by atoms with Crippen LogP contribution in [0.1, 0.15) is 51.4 Å². The molecule has 0 bridgehead atoms. The fourth-order valence-corrected chi connectivity index (χ4v) is 4.33. The predicted molar refractivity (Wildman–Crippen MR) is 97.4 cm³/mol. The van der Waals surface area contributed by atoms with E-state index in [2.05, 4.69) is 15.2 Å². The van der Waals surface area contributed by atoms with E-state index < -0.39 is 0 Å². The molecular formula is C19H35N3O2. The van der Waals surface area contributed by atoms with Crippen LogP contribution in [0.15, 0.2) is 4.99 Å². The number of nitrogens with one attached hydrogen (secondary N) is 1. The molecule has 0 aromatic rings. The summed E-state index contributed by atoms with van der Waals surface area (Å²) >= 11 is 0. The van der Waals surface area contributed by atoms with E-state index in [0.29, 0.717) is 11.5 Å². The number of aliphatic imine (C=N–C) groups is 1. The number of rotatable bonds is 8. The molecule has 5 heteroatoms. The van der Waals surface area contributed by atoms with Gasteiger partial charge in [-0.2, -0.15) is 0 Å². The molecule has 2 saturated carbocycles. The number of methoxy groups -OCH3 is 1. The van der Waals surface area contributed by atoms with Gasteiger partial charge in [0.05, 0.1) is 6.10 Å². The smallest absolute Gasteiger partial charge is 0.193 e. The zero-order chi connectivity index (χ0) is 16.8. The standard InChI is InChI=1S/C19H35N3O2/c1-20-18(21-15-19(9-3-10-19)16-5-6-16)22-11-7-17(8-12-22)24-14-4-13-23-2/h16-17H,3-15H2,1-2H3,(H,20,21). The highest BCUT2D eigenvalue weighted by atomic mass is 16.5. The Bertz CT molecular complexity index is 411. The Morgan fingerprint density at radius 2 is 1.92 bits per heavy atom. The predicted octanol–water partition coefficient (Wildman–Crippen LogP) is 2.66. The fourth-order valence-electron chi connectivity index (χ4n) is 4.33. The van der Waals surface area contributed by atoms with Crippen LogP contribution in [0.2, 0.25) is 0 Å². The van der Waals surface area contributed by atoms with Gasteiger partial charge in [0.25, 0.3) is 0 Å². The number of nitrogens with zero attached hydrogens (tertiary/aromatic N) is 2. The molecule has 0 radical (unpaired) electrons. The third-order valence-corrected chi connectivity index (χ3v) is 6.19. The lowest BCUT2D eigenvalue weighted by atomic mass is 9.65. The SMILES string of the molecule is CN=C(NCC1(C2CC2)CCC1)N1CCC(OCCCOC)CC1. The summed E-state index contributed by atoms with van der Waals surface area (Å²) in [6, 6.07) is 0. The second-order valence-electron chi connectivity index (χ2n) is 7.79. The maximum Gasteiger partial charge on any atom is 0.193 e. The summed E-state index contributed by atoms with van der Waals surface area (Å²) in [6.45, 7) is 4.82. The molecule has 0 amide bonds. The summed E-state index contributed by atoms with van der Waals surface area (Å²) in [6.07, 6.45) is 10.7. The van der Waals surface area contributed by atoms with Crippen LogP contribution < -0.4 is 5.32 Å². The van der Waals surface area contributed by atoms with Crippen molar-refractivity contribution in [2.45, 2.75) is 57.5 Å². The van der Waals surface area contributed by atoms with Gasteiger partial charge in [-0.3, -0.25) is 4.99 Å². The Balaban J connectivity index is 1.38. The second-order valence-corrected chi connectivity index (χ2v) is 7.79. The molecule has 1 N–H and O–H groups in total. The van der Waals surface area contributed by atoms with Gasteiger partial charge in [0.15, 0.2) is 5.96 Å². The maximum absolute atomic E-state index is 5.96. The van der Waals surface area contributed by atoms with Crippen molar-refractivity contribution in [2.75, 3.05) is 47.0 Å². The van der Waals surface area contributed by atoms with Crippen LogP contribution in [-0.4, -0.2) is 64.0 Å². The largest absolute Gasteiger partial charge is 0.385 e. The monoisotopic (exact) mass is 337 g/mol. The molecule has 0 aromatic heterocycles. The van der Waals surface area contributed by atoms with Gasteiger partial charge in [-0.15, -0.1) is 0 Å². The Hall–Kier alpha value is -0.810. The van der Waals surface area contributed by atoms with E-state index in [9.17, 15) is 0 Å². The molecule has 3 fully saturated rings. The van der Waals surface area contributed by atoms with Crippen LogP contribution in [0.25, 0.3) is 0 Å². The summed E-state index contributed by atoms with van der Waals surface area (Å²) in [5, 5.41) is 3.70. The van der Waals surface area contributed by atoms with E-state index in [-0.39, 0.29) is 0 Å². The molecule has 5 nitrogen and oxygen atoms in total. The molecule has 0 spiro atoms. The molecule has 1 aliphatic heterocycles. The van der Waals surface area contributed by atoms with Gasteiger partial charge in [-0.25, -0.2) is 0 Å². The van der Waals surface area contributed by atoms with Gasteiger partial charge in [0.1, 0.15) is 0 Å². The molecule has 0 aromatic carbocycles. The van der Waals surface area contributed by atoms with Gasteiger partial charge in [0.2, 0.25) is 0 Å². The van der Waals surface area contributed by atoms with E-state index in [1.165, 1.54) is 32.1 Å². The Morgan fingerprint density at radius 1 is 1.17 bits per heavy atom. The first-order valence-electron chi connectivity index (χ1n) is 9.83. The molecule has 1 heterocycles. The molecule has 3 aliphatic rings. The van der Waals surface area contributed by atoms with Crippen molar-refractivity contribution in [1.29, 1.82) is 0 Å². The summed E-state index contributed by atoms with van der Waals surface area (Å²) in [4.78, 5) is 6.95. The van der Waals surface area contributed by atoms with Crippen LogP contribution in [0.4, 0.5) is 0 Å². The average Bonchev–Trinajstić information content (AvgIpc) is 3.40. The zero-order valence-electron chi connectivity index (χ0n) is 15.6. The molecule has 0 unspecified atom stereocenters. The highest BCUT2D eigenvalue weighted by molar-refractivity contribution is 5.80. The van der Waals surface area contributed by atoms with Crippen LogP contribution in [0.3, 0.4) is 0 Å². The molecule has 1 saturated heterocycles. The van der Waals surface area contributed by atoms with Crippen LogP contribution >= 0.6 is 0 Å². The average molecular weight is 338 g/mol. The lowest BCUT2D eigenvalue weighted by molar-refractivity contribution is 0.00962. The van der Waals surface area contributed by atoms with Crippen LogP contribution in [0.5, 0.6) is 0 Å². The van der Waals surface area contributed by atoms with Gasteiger partial charge in [0, 0.05) is 47.0 Å². The minimum atomic E-state index is 0.403. The summed E-state index contributed by atoms with van der Waals surface area (Å²) < 4.78 is 11.0. The summed E-state index contributed by atoms with van der Waals surface area (Å²) in [7, 11) is 3.66. The number of ether oxygens (including phenoxy) is 2. The maximum atomic E-state index is 5.96. The van der Waals surface area contributed by atoms with Crippen molar-refractivity contribution in [2.24, 2.45) is 16.3 Å². The van der Waals surface area contributed by atoms with Crippen molar-refractivity contribution >= 4 is 5.96 Å². The highest BCUT2D eigenvalue weighted by Crippen LogP contribution is 2.56. The van der Waals surface area contributed by atoms with Crippen molar-refractivity contribution < 1.29 is 9.47 Å². The number of hydrogen-bond donors (Lipinski definition) is 1. The third-order valence-electron chi connectivity index (χ3n) is 6.19. The minimum Gasteiger partial charge on any atom is -0.385 e. The van der Waals surface area contributed by atoms with E-state index in [1.54, 1.807) is 7.11 Å². The number of hydrogen-bond acceptors (Lipinski definition) is 3. The van der Waals surface area contributed by atoms with Gasteiger partial charge in [-0.05, 0) is 56.3 Å². The van der Waals surface area contributed by atoms with Crippen molar-refractivity contribution in [1.82, 2.24) is 10.2 Å². The second kappa shape index (κ2) is 8.52. The molecule has 24 heavy (non-hydrogen) atoms. The summed E-state index contributed by atoms with van der Waals surface area (Å²) in [5.74, 6) is 2.09. The molecular weight excluding hydrogens is 302 g/mol. The normalized spacial score (nSPS) is 24.8. The topological polar surface area (TPSA) is 46.1 Å². The first kappa shape index (κ1) is 18.0. The quantitative estimate of drug-likeness (QED) is 0.420. The first-order valence-corrected chi connectivity index (χ1v) is 9.83. The number of piperidine rings is 1. The molecule has 0 atom stereocenters. The minimum absolute atomic E-state index is 0.403.